The van der Waals surface area contributed by atoms with Crippen LogP contribution in [0.15, 0.2) is 34.5 Å². The predicted molar refractivity (Wildman–Crippen MR) is 96.3 cm³/mol. The molecule has 2 heterocycles. The van der Waals surface area contributed by atoms with Crippen LogP contribution in [0, 0.1) is 0 Å². The zero-order valence-corrected chi connectivity index (χ0v) is 18.0. The van der Waals surface area contributed by atoms with Gasteiger partial charge in [-0.1, -0.05) is 12.7 Å². The second-order valence-electron chi connectivity index (χ2n) is 6.13. The molecule has 1 aromatic rings. The van der Waals surface area contributed by atoms with Crippen LogP contribution in [0.4, 0.5) is 4.39 Å². The van der Waals surface area contributed by atoms with Gasteiger partial charge in [-0.3, -0.25) is 18.9 Å². The summed E-state index contributed by atoms with van der Waals surface area (Å²) in [4.78, 5) is 60.3. The third-order valence-electron chi connectivity index (χ3n) is 3.82. The first kappa shape index (κ1) is 26.9. The van der Waals surface area contributed by atoms with E-state index < -0.39 is 65.1 Å². The highest BCUT2D eigenvalue weighted by Crippen LogP contribution is 2.66. The number of aliphatic hydroxyl groups is 2. The van der Waals surface area contributed by atoms with Crippen molar-refractivity contribution in [3.63, 3.8) is 0 Å². The average Bonchev–Trinajstić information content (AvgIpc) is 2.80. The van der Waals surface area contributed by atoms with Crippen LogP contribution in [0.25, 0.3) is 0 Å². The molecule has 0 saturated carbocycles. The number of hydrogen-bond acceptors (Lipinski definition) is 11. The van der Waals surface area contributed by atoms with Gasteiger partial charge in [0.15, 0.2) is 17.9 Å². The first-order valence-corrected chi connectivity index (χ1v) is 12.4. The Hall–Kier alpha value is -1.36. The summed E-state index contributed by atoms with van der Waals surface area (Å²) >= 11 is 0. The van der Waals surface area contributed by atoms with Gasteiger partial charge in [0.25, 0.3) is 11.4 Å². The summed E-state index contributed by atoms with van der Waals surface area (Å²) in [6, 6.07) is 0.783. The maximum atomic E-state index is 15.2. The molecule has 0 amide bonds. The summed E-state index contributed by atoms with van der Waals surface area (Å²) in [7, 11) is -17.4. The Morgan fingerprint density at radius 2 is 1.81 bits per heavy atom. The number of hydrogen-bond donors (Lipinski definition) is 7. The number of phosphoric acid groups is 3. The first-order chi connectivity index (χ1) is 14.3. The van der Waals surface area contributed by atoms with Gasteiger partial charge in [-0.25, -0.2) is 22.9 Å². The Morgan fingerprint density at radius 3 is 2.31 bits per heavy atom. The van der Waals surface area contributed by atoms with Gasteiger partial charge in [-0.05, 0) is 0 Å². The van der Waals surface area contributed by atoms with Crippen molar-refractivity contribution in [1.82, 2.24) is 9.55 Å². The minimum atomic E-state index is -5.91. The maximum Gasteiger partial charge on any atom is 0.490 e. The van der Waals surface area contributed by atoms with Crippen LogP contribution < -0.4 is 11.2 Å². The number of halogens is 1. The van der Waals surface area contributed by atoms with Crippen molar-refractivity contribution < 1.29 is 65.8 Å². The fourth-order valence-corrected chi connectivity index (χ4v) is 5.55. The maximum absolute atomic E-state index is 15.2. The van der Waals surface area contributed by atoms with E-state index in [0.717, 1.165) is 12.3 Å². The molecule has 0 aromatic carbocycles. The first-order valence-electron chi connectivity index (χ1n) is 7.85. The molecule has 1 aromatic heterocycles. The quantitative estimate of drug-likeness (QED) is 0.140. The number of aliphatic hydroxyl groups excluding tert-OH is 1. The third kappa shape index (κ3) is 5.95. The Bertz CT molecular complexity index is 1150. The lowest BCUT2D eigenvalue weighted by molar-refractivity contribution is -0.204. The van der Waals surface area contributed by atoms with Gasteiger partial charge in [-0.15, -0.1) is 0 Å². The zero-order valence-electron chi connectivity index (χ0n) is 15.3. The largest absolute Gasteiger partial charge is 0.490 e. The minimum absolute atomic E-state index is 0.443. The van der Waals surface area contributed by atoms with Crippen LogP contribution in [0.5, 0.6) is 0 Å². The van der Waals surface area contributed by atoms with Gasteiger partial charge >= 0.3 is 29.2 Å². The number of aromatic nitrogens is 2. The van der Waals surface area contributed by atoms with Crippen LogP contribution in [-0.2, 0) is 31.6 Å². The molecule has 1 aliphatic heterocycles. The Labute approximate surface area is 175 Å². The zero-order chi connectivity index (χ0) is 24.8. The molecule has 1 aliphatic rings. The van der Waals surface area contributed by atoms with E-state index in [1.54, 1.807) is 4.98 Å². The highest BCUT2D eigenvalue weighted by Gasteiger charge is 2.65. The molecule has 17 nitrogen and oxygen atoms in total. The number of alkyl halides is 1. The molecule has 1 fully saturated rings. The summed E-state index contributed by atoms with van der Waals surface area (Å²) in [6.07, 6.45) is -3.44. The Kier molecular flexibility index (Phi) is 7.37. The van der Waals surface area contributed by atoms with Crippen molar-refractivity contribution in [2.24, 2.45) is 0 Å². The van der Waals surface area contributed by atoms with Gasteiger partial charge in [0, 0.05) is 12.3 Å². The van der Waals surface area contributed by atoms with E-state index in [4.69, 9.17) is 19.4 Å². The monoisotopic (exact) mass is 528 g/mol. The van der Waals surface area contributed by atoms with Gasteiger partial charge in [0.1, 0.15) is 6.61 Å². The van der Waals surface area contributed by atoms with Crippen LogP contribution in [0.2, 0.25) is 0 Å². The normalized spacial score (nSPS) is 32.2. The summed E-state index contributed by atoms with van der Waals surface area (Å²) in [5.41, 5.74) is -4.87. The molecular formula is C11H16FN2O15P3. The predicted octanol–water partition coefficient (Wildman–Crippen LogP) is -1.65. The number of nitrogens with zero attached hydrogens (tertiary/aromatic N) is 1. The Morgan fingerprint density at radius 1 is 1.22 bits per heavy atom. The fraction of sp³-hybridized carbons (Fsp3) is 0.455. The van der Waals surface area contributed by atoms with Crippen LogP contribution in [-0.4, -0.2) is 63.5 Å². The van der Waals surface area contributed by atoms with E-state index in [-0.39, 0.29) is 0 Å². The average molecular weight is 528 g/mol. The topological polar surface area (TPSA) is 264 Å². The highest BCUT2D eigenvalue weighted by atomic mass is 31.3. The molecule has 6 atom stereocenters. The molecule has 3 unspecified atom stereocenters. The van der Waals surface area contributed by atoms with Gasteiger partial charge < -0.3 is 34.5 Å². The summed E-state index contributed by atoms with van der Waals surface area (Å²) in [5, 5.41) is 20.8. The van der Waals surface area contributed by atoms with E-state index in [1.165, 1.54) is 0 Å². The third-order valence-corrected chi connectivity index (χ3v) is 7.60. The molecular weight excluding hydrogens is 512 g/mol. The van der Waals surface area contributed by atoms with E-state index in [2.05, 4.69) is 19.7 Å². The molecule has 182 valence electrons. The molecule has 0 bridgehead atoms. The SMILES string of the molecule is C=C[C@]1(O)C(n2ccc(=O)[nH]c2=O)O[C@](F)(COP(=O)(O)OP(=O)(O)OP(=O)(O)O)[C@H]1O. The lowest BCUT2D eigenvalue weighted by Crippen LogP contribution is -2.50. The van der Waals surface area contributed by atoms with E-state index in [0.29, 0.717) is 10.6 Å². The lowest BCUT2D eigenvalue weighted by Gasteiger charge is -2.28. The molecule has 2 rings (SSSR count). The second-order valence-corrected chi connectivity index (χ2v) is 10.6. The van der Waals surface area contributed by atoms with Crippen molar-refractivity contribution >= 4 is 23.5 Å². The fourth-order valence-electron chi connectivity index (χ4n) is 2.51. The van der Waals surface area contributed by atoms with Crippen molar-refractivity contribution in [2.75, 3.05) is 6.61 Å². The molecule has 32 heavy (non-hydrogen) atoms. The molecule has 1 saturated heterocycles. The van der Waals surface area contributed by atoms with Gasteiger partial charge in [-0.2, -0.15) is 8.62 Å². The van der Waals surface area contributed by atoms with Crippen molar-refractivity contribution in [2.45, 2.75) is 23.8 Å². The van der Waals surface area contributed by atoms with Crippen LogP contribution >= 0.6 is 23.5 Å². The second kappa shape index (κ2) is 8.77. The summed E-state index contributed by atoms with van der Waals surface area (Å²) in [6.45, 7) is 1.37. The highest BCUT2D eigenvalue weighted by molar-refractivity contribution is 7.66. The van der Waals surface area contributed by atoms with Gasteiger partial charge in [0.05, 0.1) is 0 Å². The number of rotatable bonds is 9. The lowest BCUT2D eigenvalue weighted by atomic mass is 9.93. The molecule has 21 heteroatoms. The van der Waals surface area contributed by atoms with Crippen LogP contribution in [0.1, 0.15) is 6.23 Å². The molecule has 0 aliphatic carbocycles. The minimum Gasteiger partial charge on any atom is -0.383 e. The van der Waals surface area contributed by atoms with Crippen molar-refractivity contribution in [3.05, 3.63) is 45.8 Å². The van der Waals surface area contributed by atoms with E-state index >= 15 is 4.39 Å². The standard InChI is InChI=1S/C11H16FN2O15P3/c1-2-10(18)7(16)11(12,27-8(10)14-4-3-6(15)13-9(14)17)5-26-31(22,23)29-32(24,25)28-30(19,20)21/h2-4,7-8,16,18H,1,5H2,(H,22,23)(H,24,25)(H,13,15,17)(H2,19,20,21)/t7-,8?,10+,11+/m0/s1. The van der Waals surface area contributed by atoms with E-state index in [9.17, 15) is 38.4 Å². The number of phosphoric ester groups is 1. The number of nitrogens with one attached hydrogen (secondary N) is 1. The summed E-state index contributed by atoms with van der Waals surface area (Å²) in [5.74, 6) is -3.60. The van der Waals surface area contributed by atoms with E-state index in [1.807, 2.05) is 0 Å². The van der Waals surface area contributed by atoms with Crippen molar-refractivity contribution in [3.8, 4) is 0 Å². The smallest absolute Gasteiger partial charge is 0.383 e. The number of H-pyrrole nitrogens is 1. The van der Waals surface area contributed by atoms with Crippen molar-refractivity contribution in [1.29, 1.82) is 0 Å². The molecule has 0 radical (unpaired) electrons. The van der Waals surface area contributed by atoms with Gasteiger partial charge in [0.2, 0.25) is 0 Å². The Balaban J connectivity index is 2.28. The number of aromatic amines is 1. The van der Waals surface area contributed by atoms with Crippen LogP contribution in [0.3, 0.4) is 0 Å². The molecule has 0 spiro atoms. The molecule has 7 N–H and O–H groups in total. The number of ether oxygens (including phenoxy) is 1. The summed E-state index contributed by atoms with van der Waals surface area (Å²) < 4.78 is 65.0.